The van der Waals surface area contributed by atoms with Crippen LogP contribution in [0.15, 0.2) is 0 Å². The lowest BCUT2D eigenvalue weighted by Gasteiger charge is -2.52. The van der Waals surface area contributed by atoms with Crippen molar-refractivity contribution >= 4 is 0 Å². The van der Waals surface area contributed by atoms with Gasteiger partial charge in [0.1, 0.15) is 0 Å². The molecule has 1 unspecified atom stereocenters. The second-order valence-corrected chi connectivity index (χ2v) is 9.39. The first-order valence-corrected chi connectivity index (χ1v) is 9.66. The van der Waals surface area contributed by atoms with Gasteiger partial charge in [0, 0.05) is 56.4 Å². The maximum Gasteiger partial charge on any atom is 0.0350 e. The summed E-state index contributed by atoms with van der Waals surface area (Å²) >= 11 is 0. The standard InChI is InChI=1S/C19H38N4/c1-15(2)22-11-18(12-22)21-8-7-16(10-21)9-19(3,4)23-13-17(14-23)20(5)6/h15-18H,7-14H2,1-6H3. The van der Waals surface area contributed by atoms with E-state index >= 15 is 0 Å². The van der Waals surface area contributed by atoms with Crippen LogP contribution in [0.5, 0.6) is 0 Å². The molecule has 0 N–H and O–H groups in total. The Labute approximate surface area is 143 Å². The minimum absolute atomic E-state index is 0.372. The van der Waals surface area contributed by atoms with Gasteiger partial charge in [-0.25, -0.2) is 0 Å². The normalized spacial score (nSPS) is 29.5. The van der Waals surface area contributed by atoms with E-state index in [9.17, 15) is 0 Å². The molecule has 0 saturated carbocycles. The van der Waals surface area contributed by atoms with Crippen LogP contribution in [0.3, 0.4) is 0 Å². The number of likely N-dealkylation sites (tertiary alicyclic amines) is 3. The Bertz CT molecular complexity index is 394. The molecule has 0 spiro atoms. The van der Waals surface area contributed by atoms with Crippen LogP contribution in [-0.4, -0.2) is 96.6 Å². The SMILES string of the molecule is CC(C)N1CC(N2CCC(CC(C)(C)N3CC(N(C)C)C3)C2)C1. The van der Waals surface area contributed by atoms with E-state index in [4.69, 9.17) is 0 Å². The number of hydrogen-bond donors (Lipinski definition) is 0. The smallest absolute Gasteiger partial charge is 0.0350 e. The van der Waals surface area contributed by atoms with Gasteiger partial charge in [0.15, 0.2) is 0 Å². The Hall–Kier alpha value is -0.160. The predicted molar refractivity (Wildman–Crippen MR) is 97.9 cm³/mol. The monoisotopic (exact) mass is 322 g/mol. The van der Waals surface area contributed by atoms with Crippen molar-refractivity contribution in [3.8, 4) is 0 Å². The van der Waals surface area contributed by atoms with Crippen LogP contribution in [0.1, 0.15) is 40.5 Å². The zero-order valence-electron chi connectivity index (χ0n) is 16.3. The van der Waals surface area contributed by atoms with Crippen LogP contribution in [0.25, 0.3) is 0 Å². The molecule has 0 aromatic rings. The molecule has 3 saturated heterocycles. The summed E-state index contributed by atoms with van der Waals surface area (Å²) in [4.78, 5) is 10.5. The number of nitrogens with zero attached hydrogens (tertiary/aromatic N) is 4. The lowest BCUT2D eigenvalue weighted by Crippen LogP contribution is -2.64. The Morgan fingerprint density at radius 3 is 2.26 bits per heavy atom. The van der Waals surface area contributed by atoms with Gasteiger partial charge in [-0.05, 0) is 67.1 Å². The highest BCUT2D eigenvalue weighted by Gasteiger charge is 2.42. The van der Waals surface area contributed by atoms with Gasteiger partial charge >= 0.3 is 0 Å². The molecule has 3 rings (SSSR count). The molecular weight excluding hydrogens is 284 g/mol. The van der Waals surface area contributed by atoms with Gasteiger partial charge in [0.25, 0.3) is 0 Å². The highest BCUT2D eigenvalue weighted by Crippen LogP contribution is 2.34. The zero-order valence-corrected chi connectivity index (χ0v) is 16.3. The van der Waals surface area contributed by atoms with E-state index in [1.807, 2.05) is 0 Å². The topological polar surface area (TPSA) is 13.0 Å². The van der Waals surface area contributed by atoms with Gasteiger partial charge in [-0.3, -0.25) is 14.7 Å². The van der Waals surface area contributed by atoms with E-state index in [1.165, 1.54) is 52.1 Å². The third kappa shape index (κ3) is 3.76. The van der Waals surface area contributed by atoms with E-state index in [-0.39, 0.29) is 0 Å². The van der Waals surface area contributed by atoms with Crippen LogP contribution in [-0.2, 0) is 0 Å². The molecule has 4 nitrogen and oxygen atoms in total. The molecule has 0 radical (unpaired) electrons. The second kappa shape index (κ2) is 6.62. The number of likely N-dealkylation sites (N-methyl/N-ethyl adjacent to an activating group) is 1. The van der Waals surface area contributed by atoms with Crippen LogP contribution >= 0.6 is 0 Å². The highest BCUT2D eigenvalue weighted by molar-refractivity contribution is 4.98. The lowest BCUT2D eigenvalue weighted by atomic mass is 9.85. The summed E-state index contributed by atoms with van der Waals surface area (Å²) in [6.45, 7) is 17.3. The highest BCUT2D eigenvalue weighted by atomic mass is 15.3. The molecule has 4 heteroatoms. The molecule has 0 aromatic carbocycles. The van der Waals surface area contributed by atoms with Crippen LogP contribution in [0.4, 0.5) is 0 Å². The van der Waals surface area contributed by atoms with Crippen molar-refractivity contribution in [2.24, 2.45) is 5.92 Å². The third-order valence-corrected chi connectivity index (χ3v) is 6.69. The fraction of sp³-hybridized carbons (Fsp3) is 1.00. The molecule has 0 amide bonds. The minimum Gasteiger partial charge on any atom is -0.304 e. The van der Waals surface area contributed by atoms with Gasteiger partial charge in [-0.15, -0.1) is 0 Å². The fourth-order valence-electron chi connectivity index (χ4n) is 4.61. The van der Waals surface area contributed by atoms with E-state index in [0.717, 1.165) is 24.0 Å². The van der Waals surface area contributed by atoms with Crippen molar-refractivity contribution in [2.75, 3.05) is 53.4 Å². The van der Waals surface area contributed by atoms with Crippen molar-refractivity contribution in [1.82, 2.24) is 19.6 Å². The lowest BCUT2D eigenvalue weighted by molar-refractivity contribution is -0.0244. The fourth-order valence-corrected chi connectivity index (χ4v) is 4.61. The molecule has 0 aliphatic carbocycles. The molecule has 0 aromatic heterocycles. The molecule has 23 heavy (non-hydrogen) atoms. The molecule has 1 atom stereocenters. The maximum atomic E-state index is 2.78. The molecule has 3 heterocycles. The van der Waals surface area contributed by atoms with Gasteiger partial charge in [0.05, 0.1) is 0 Å². The van der Waals surface area contributed by atoms with Gasteiger partial charge in [0.2, 0.25) is 0 Å². The van der Waals surface area contributed by atoms with Crippen molar-refractivity contribution < 1.29 is 0 Å². The Kier molecular flexibility index (Phi) is 5.09. The number of hydrogen-bond acceptors (Lipinski definition) is 4. The van der Waals surface area contributed by atoms with E-state index < -0.39 is 0 Å². The van der Waals surface area contributed by atoms with Gasteiger partial charge < -0.3 is 4.90 Å². The van der Waals surface area contributed by atoms with Crippen molar-refractivity contribution in [2.45, 2.75) is 64.2 Å². The summed E-state index contributed by atoms with van der Waals surface area (Å²) in [5.74, 6) is 0.900. The van der Waals surface area contributed by atoms with Crippen molar-refractivity contribution in [1.29, 1.82) is 0 Å². The third-order valence-electron chi connectivity index (χ3n) is 6.69. The summed E-state index contributed by atoms with van der Waals surface area (Å²) in [5, 5.41) is 0. The number of rotatable bonds is 6. The predicted octanol–water partition coefficient (Wildman–Crippen LogP) is 1.82. The summed E-state index contributed by atoms with van der Waals surface area (Å²) in [6.07, 6.45) is 2.77. The minimum atomic E-state index is 0.372. The van der Waals surface area contributed by atoms with Crippen LogP contribution in [0, 0.1) is 5.92 Å². The first-order chi connectivity index (χ1) is 10.8. The summed E-state index contributed by atoms with van der Waals surface area (Å²) in [5.41, 5.74) is 0.372. The summed E-state index contributed by atoms with van der Waals surface area (Å²) < 4.78 is 0. The van der Waals surface area contributed by atoms with Gasteiger partial charge in [-0.2, -0.15) is 0 Å². The summed E-state index contributed by atoms with van der Waals surface area (Å²) in [7, 11) is 4.42. The van der Waals surface area contributed by atoms with Gasteiger partial charge in [-0.1, -0.05) is 0 Å². The molecule has 3 aliphatic rings. The molecule has 134 valence electrons. The average Bonchev–Trinajstić information content (AvgIpc) is 2.70. The zero-order chi connectivity index (χ0) is 16.8. The largest absolute Gasteiger partial charge is 0.304 e. The van der Waals surface area contributed by atoms with Crippen LogP contribution in [0.2, 0.25) is 0 Å². The average molecular weight is 323 g/mol. The molecular formula is C19H38N4. The molecule has 3 fully saturated rings. The first kappa shape index (κ1) is 17.7. The van der Waals surface area contributed by atoms with E-state index in [1.54, 1.807) is 0 Å². The Balaban J connectivity index is 1.41. The maximum absolute atomic E-state index is 2.78. The van der Waals surface area contributed by atoms with Crippen LogP contribution < -0.4 is 0 Å². The van der Waals surface area contributed by atoms with E-state index in [0.29, 0.717) is 5.54 Å². The summed E-state index contributed by atoms with van der Waals surface area (Å²) in [6, 6.07) is 2.33. The second-order valence-electron chi connectivity index (χ2n) is 9.39. The Morgan fingerprint density at radius 2 is 1.70 bits per heavy atom. The quantitative estimate of drug-likeness (QED) is 0.739. The Morgan fingerprint density at radius 1 is 1.04 bits per heavy atom. The van der Waals surface area contributed by atoms with Crippen molar-refractivity contribution in [3.05, 3.63) is 0 Å². The first-order valence-electron chi connectivity index (χ1n) is 9.66. The molecule has 3 aliphatic heterocycles. The van der Waals surface area contributed by atoms with E-state index in [2.05, 4.69) is 61.4 Å². The molecule has 0 bridgehead atoms. The van der Waals surface area contributed by atoms with Crippen molar-refractivity contribution in [3.63, 3.8) is 0 Å².